The van der Waals surface area contributed by atoms with Crippen molar-refractivity contribution < 1.29 is 4.79 Å². The molecular weight excluding hydrogens is 220 g/mol. The average molecular weight is 234 g/mol. The first-order valence-electron chi connectivity index (χ1n) is 5.26. The highest BCUT2D eigenvalue weighted by Crippen LogP contribution is 2.32. The lowest BCUT2D eigenvalue weighted by Crippen LogP contribution is -2.23. The number of aryl methyl sites for hydroxylation is 1. The molecule has 1 aromatic carbocycles. The van der Waals surface area contributed by atoms with Gasteiger partial charge in [-0.05, 0) is 29.6 Å². The predicted molar refractivity (Wildman–Crippen MR) is 68.1 cm³/mol. The van der Waals surface area contributed by atoms with Gasteiger partial charge in [0.05, 0.1) is 4.70 Å². The second-order valence-electron chi connectivity index (χ2n) is 3.73. The van der Waals surface area contributed by atoms with Gasteiger partial charge in [0.1, 0.15) is 0 Å². The van der Waals surface area contributed by atoms with E-state index < -0.39 is 0 Å². The van der Waals surface area contributed by atoms with E-state index in [1.807, 2.05) is 12.1 Å². The molecule has 2 rings (SSSR count). The van der Waals surface area contributed by atoms with Crippen LogP contribution < -0.4 is 4.90 Å². The van der Waals surface area contributed by atoms with Crippen LogP contribution in [0.15, 0.2) is 18.2 Å². The molecule has 0 aliphatic heterocycles. The highest BCUT2D eigenvalue weighted by Gasteiger charge is 2.15. The van der Waals surface area contributed by atoms with Crippen LogP contribution in [-0.2, 0) is 11.2 Å². The van der Waals surface area contributed by atoms with E-state index in [9.17, 15) is 4.79 Å². The number of benzene rings is 1. The van der Waals surface area contributed by atoms with Crippen LogP contribution in [0, 0.1) is 0 Å². The Balaban J connectivity index is 2.67. The van der Waals surface area contributed by atoms with Crippen LogP contribution in [0.1, 0.15) is 19.4 Å². The summed E-state index contributed by atoms with van der Waals surface area (Å²) in [4.78, 5) is 13.0. The Hall–Kier alpha value is -1.42. The van der Waals surface area contributed by atoms with Crippen LogP contribution in [-0.4, -0.2) is 17.3 Å². The SMILES string of the molecule is CCc1cccc2snc(N(C)C(C)=O)c12. The maximum absolute atomic E-state index is 11.4. The summed E-state index contributed by atoms with van der Waals surface area (Å²) in [5.41, 5.74) is 1.24. The van der Waals surface area contributed by atoms with Crippen molar-refractivity contribution in [2.75, 3.05) is 11.9 Å². The third-order valence-corrected chi connectivity index (χ3v) is 3.54. The van der Waals surface area contributed by atoms with Crippen LogP contribution in [0.4, 0.5) is 5.82 Å². The zero-order chi connectivity index (χ0) is 11.7. The number of hydrogen-bond acceptors (Lipinski definition) is 3. The summed E-state index contributed by atoms with van der Waals surface area (Å²) in [6.45, 7) is 3.67. The van der Waals surface area contributed by atoms with Gasteiger partial charge in [0.25, 0.3) is 0 Å². The van der Waals surface area contributed by atoms with Gasteiger partial charge in [-0.15, -0.1) is 0 Å². The third-order valence-electron chi connectivity index (χ3n) is 2.74. The van der Waals surface area contributed by atoms with E-state index >= 15 is 0 Å². The molecule has 1 aromatic heterocycles. The Morgan fingerprint density at radius 1 is 1.50 bits per heavy atom. The second-order valence-corrected chi connectivity index (χ2v) is 4.53. The topological polar surface area (TPSA) is 33.2 Å². The summed E-state index contributed by atoms with van der Waals surface area (Å²) >= 11 is 1.45. The van der Waals surface area contributed by atoms with Crippen LogP contribution in [0.25, 0.3) is 10.1 Å². The molecule has 0 radical (unpaired) electrons. The molecule has 1 heterocycles. The number of amides is 1. The molecule has 0 unspecified atom stereocenters. The normalized spacial score (nSPS) is 10.7. The molecule has 1 amide bonds. The summed E-state index contributed by atoms with van der Waals surface area (Å²) in [6, 6.07) is 6.18. The molecular formula is C12H14N2OS. The number of aromatic nitrogens is 1. The maximum Gasteiger partial charge on any atom is 0.224 e. The molecule has 0 spiro atoms. The summed E-state index contributed by atoms with van der Waals surface area (Å²) in [5, 5.41) is 1.12. The van der Waals surface area contributed by atoms with Crippen LogP contribution in [0.3, 0.4) is 0 Å². The fourth-order valence-electron chi connectivity index (χ4n) is 1.72. The van der Waals surface area contributed by atoms with Crippen LogP contribution >= 0.6 is 11.5 Å². The number of nitrogens with zero attached hydrogens (tertiary/aromatic N) is 2. The van der Waals surface area contributed by atoms with Gasteiger partial charge in [-0.3, -0.25) is 9.69 Å². The molecule has 0 atom stereocenters. The molecule has 0 saturated carbocycles. The fraction of sp³-hybridized carbons (Fsp3) is 0.333. The van der Waals surface area contributed by atoms with Crippen molar-refractivity contribution in [3.63, 3.8) is 0 Å². The van der Waals surface area contributed by atoms with Crippen molar-refractivity contribution in [3.05, 3.63) is 23.8 Å². The molecule has 2 aromatic rings. The highest BCUT2D eigenvalue weighted by molar-refractivity contribution is 7.13. The molecule has 0 aliphatic carbocycles. The molecule has 0 N–H and O–H groups in total. The highest BCUT2D eigenvalue weighted by atomic mass is 32.1. The summed E-state index contributed by atoms with van der Waals surface area (Å²) in [7, 11) is 1.77. The first kappa shape index (κ1) is 11.1. The van der Waals surface area contributed by atoms with E-state index in [2.05, 4.69) is 17.4 Å². The minimum atomic E-state index is 0.0121. The summed E-state index contributed by atoms with van der Waals surface area (Å²) in [6.07, 6.45) is 0.953. The van der Waals surface area contributed by atoms with Gasteiger partial charge in [0, 0.05) is 19.4 Å². The third kappa shape index (κ3) is 1.69. The van der Waals surface area contributed by atoms with E-state index in [0.29, 0.717) is 0 Å². The molecule has 0 saturated heterocycles. The van der Waals surface area contributed by atoms with Gasteiger partial charge in [0.2, 0.25) is 5.91 Å². The molecule has 84 valence electrons. The van der Waals surface area contributed by atoms with E-state index in [4.69, 9.17) is 0 Å². The Morgan fingerprint density at radius 2 is 2.25 bits per heavy atom. The Bertz CT molecular complexity index is 533. The Labute approximate surface area is 98.9 Å². The monoisotopic (exact) mass is 234 g/mol. The van der Waals surface area contributed by atoms with Gasteiger partial charge >= 0.3 is 0 Å². The molecule has 16 heavy (non-hydrogen) atoms. The lowest BCUT2D eigenvalue weighted by Gasteiger charge is -2.13. The zero-order valence-corrected chi connectivity index (χ0v) is 10.5. The Kier molecular flexibility index (Phi) is 2.92. The quantitative estimate of drug-likeness (QED) is 0.800. The van der Waals surface area contributed by atoms with Crippen molar-refractivity contribution in [1.29, 1.82) is 0 Å². The van der Waals surface area contributed by atoms with Gasteiger partial charge in [-0.2, -0.15) is 4.37 Å². The van der Waals surface area contributed by atoms with Crippen molar-refractivity contribution in [3.8, 4) is 0 Å². The Morgan fingerprint density at radius 3 is 2.88 bits per heavy atom. The summed E-state index contributed by atoms with van der Waals surface area (Å²) < 4.78 is 5.51. The number of anilines is 1. The first-order chi connectivity index (χ1) is 7.65. The van der Waals surface area contributed by atoms with Gasteiger partial charge in [0.15, 0.2) is 5.82 Å². The first-order valence-corrected chi connectivity index (χ1v) is 6.04. The van der Waals surface area contributed by atoms with Gasteiger partial charge in [-0.25, -0.2) is 0 Å². The maximum atomic E-state index is 11.4. The van der Waals surface area contributed by atoms with Crippen molar-refractivity contribution >= 4 is 33.3 Å². The van der Waals surface area contributed by atoms with Gasteiger partial charge < -0.3 is 0 Å². The standard InChI is InChI=1S/C12H14N2OS/c1-4-9-6-5-7-10-11(9)12(13-16-10)14(3)8(2)15/h5-7H,4H2,1-3H3. The number of hydrogen-bond donors (Lipinski definition) is 0. The van der Waals surface area contributed by atoms with Gasteiger partial charge in [-0.1, -0.05) is 19.1 Å². The number of fused-ring (bicyclic) bond motifs is 1. The molecule has 0 aliphatic rings. The minimum Gasteiger partial charge on any atom is -0.299 e. The second kappa shape index (κ2) is 4.22. The molecule has 4 heteroatoms. The van der Waals surface area contributed by atoms with E-state index in [0.717, 1.165) is 22.3 Å². The zero-order valence-electron chi connectivity index (χ0n) is 9.65. The molecule has 3 nitrogen and oxygen atoms in total. The van der Waals surface area contributed by atoms with Crippen molar-refractivity contribution in [2.24, 2.45) is 0 Å². The number of rotatable bonds is 2. The minimum absolute atomic E-state index is 0.0121. The lowest BCUT2D eigenvalue weighted by molar-refractivity contribution is -0.116. The predicted octanol–water partition coefficient (Wildman–Crippen LogP) is 2.84. The largest absolute Gasteiger partial charge is 0.299 e. The van der Waals surface area contributed by atoms with E-state index in [1.54, 1.807) is 18.9 Å². The number of carbonyl (C=O) groups excluding carboxylic acids is 1. The smallest absolute Gasteiger partial charge is 0.224 e. The average Bonchev–Trinajstić information content (AvgIpc) is 2.71. The van der Waals surface area contributed by atoms with Crippen LogP contribution in [0.5, 0.6) is 0 Å². The number of carbonyl (C=O) groups is 1. The van der Waals surface area contributed by atoms with E-state index in [1.165, 1.54) is 17.1 Å². The van der Waals surface area contributed by atoms with Crippen molar-refractivity contribution in [1.82, 2.24) is 4.37 Å². The molecule has 0 bridgehead atoms. The fourth-order valence-corrected chi connectivity index (χ4v) is 2.57. The molecule has 0 fully saturated rings. The van der Waals surface area contributed by atoms with Crippen molar-refractivity contribution in [2.45, 2.75) is 20.3 Å². The van der Waals surface area contributed by atoms with Crippen LogP contribution in [0.2, 0.25) is 0 Å². The lowest BCUT2D eigenvalue weighted by atomic mass is 10.1. The van der Waals surface area contributed by atoms with E-state index in [-0.39, 0.29) is 5.91 Å². The summed E-state index contributed by atoms with van der Waals surface area (Å²) in [5.74, 6) is 0.794.